The van der Waals surface area contributed by atoms with Gasteiger partial charge in [0.2, 0.25) is 0 Å². The van der Waals surface area contributed by atoms with Crippen LogP contribution >= 0.6 is 0 Å². The van der Waals surface area contributed by atoms with Gasteiger partial charge in [0.05, 0.1) is 22.8 Å². The highest BCUT2D eigenvalue weighted by Gasteiger charge is 2.52. The molecule has 0 atom stereocenters. The molecule has 0 spiro atoms. The lowest BCUT2D eigenvalue weighted by Gasteiger charge is -2.32. The third-order valence-electron chi connectivity index (χ3n) is 5.57. The molecule has 2 aromatic rings. The van der Waals surface area contributed by atoms with E-state index in [-0.39, 0.29) is 13.2 Å². The Balaban J connectivity index is 1.74. The van der Waals surface area contributed by atoms with Crippen molar-refractivity contribution in [2.75, 3.05) is 6.54 Å². The monoisotopic (exact) mass is 418 g/mol. The first kappa shape index (κ1) is 22.6. The van der Waals surface area contributed by atoms with Gasteiger partial charge < -0.3 is 19.4 Å². The van der Waals surface area contributed by atoms with Crippen LogP contribution < -0.4 is 5.32 Å². The van der Waals surface area contributed by atoms with Crippen molar-refractivity contribution in [3.8, 4) is 6.07 Å². The number of nitrogens with zero attached hydrogens (tertiary/aromatic N) is 1. The molecule has 7 heteroatoms. The Morgan fingerprint density at radius 1 is 1.10 bits per heavy atom. The van der Waals surface area contributed by atoms with Gasteiger partial charge in [0.25, 0.3) is 0 Å². The number of hydrogen-bond donors (Lipinski definition) is 1. The van der Waals surface area contributed by atoms with E-state index in [0.717, 1.165) is 16.6 Å². The van der Waals surface area contributed by atoms with E-state index in [1.807, 2.05) is 76.2 Å². The van der Waals surface area contributed by atoms with Gasteiger partial charge in [0, 0.05) is 6.54 Å². The van der Waals surface area contributed by atoms with Crippen LogP contribution in [0.2, 0.25) is 0 Å². The maximum atomic E-state index is 12.3. The fourth-order valence-electron chi connectivity index (χ4n) is 3.06. The highest BCUT2D eigenvalue weighted by atomic mass is 16.7. The number of alkyl carbamates (subject to hydrolysis) is 1. The number of ether oxygens (including phenoxy) is 1. The third kappa shape index (κ3) is 5.75. The summed E-state index contributed by atoms with van der Waals surface area (Å²) >= 11 is 0. The minimum Gasteiger partial charge on any atom is -0.445 e. The first-order valence-electron chi connectivity index (χ1n) is 10.2. The van der Waals surface area contributed by atoms with Crippen LogP contribution in [0.3, 0.4) is 0 Å². The molecule has 0 aromatic heterocycles. The van der Waals surface area contributed by atoms with Crippen molar-refractivity contribution in [1.29, 1.82) is 5.26 Å². The normalized spacial score (nSPS) is 17.1. The SMILES string of the molecule is CC1(C)OB(C(=Cc2cccc(C#N)c2)CNC(=O)OCc2ccccc2)OC1(C)C. The zero-order valence-corrected chi connectivity index (χ0v) is 18.3. The van der Waals surface area contributed by atoms with Gasteiger partial charge in [-0.2, -0.15) is 5.26 Å². The molecule has 1 fully saturated rings. The summed E-state index contributed by atoms with van der Waals surface area (Å²) in [4.78, 5) is 12.3. The van der Waals surface area contributed by atoms with Crippen LogP contribution in [0.25, 0.3) is 6.08 Å². The van der Waals surface area contributed by atoms with Crippen LogP contribution in [0.4, 0.5) is 4.79 Å². The van der Waals surface area contributed by atoms with Crippen LogP contribution in [0.5, 0.6) is 0 Å². The van der Waals surface area contributed by atoms with E-state index in [9.17, 15) is 10.1 Å². The van der Waals surface area contributed by atoms with Gasteiger partial charge >= 0.3 is 13.2 Å². The number of nitriles is 1. The molecule has 1 N–H and O–H groups in total. The summed E-state index contributed by atoms with van der Waals surface area (Å²) < 4.78 is 17.6. The molecule has 0 aliphatic carbocycles. The Morgan fingerprint density at radius 2 is 1.77 bits per heavy atom. The number of rotatable bonds is 6. The maximum Gasteiger partial charge on any atom is 0.492 e. The van der Waals surface area contributed by atoms with Crippen LogP contribution in [-0.2, 0) is 20.7 Å². The van der Waals surface area contributed by atoms with Gasteiger partial charge in [-0.25, -0.2) is 4.79 Å². The second-order valence-corrected chi connectivity index (χ2v) is 8.46. The van der Waals surface area contributed by atoms with Crippen molar-refractivity contribution in [2.45, 2.75) is 45.5 Å². The second kappa shape index (κ2) is 9.38. The van der Waals surface area contributed by atoms with E-state index in [0.29, 0.717) is 5.56 Å². The summed E-state index contributed by atoms with van der Waals surface area (Å²) in [5, 5.41) is 12.0. The molecule has 1 aliphatic heterocycles. The molecular weight excluding hydrogens is 391 g/mol. The molecule has 31 heavy (non-hydrogen) atoms. The van der Waals surface area contributed by atoms with Gasteiger partial charge in [-0.1, -0.05) is 48.5 Å². The molecule has 6 nitrogen and oxygen atoms in total. The van der Waals surface area contributed by atoms with Crippen molar-refractivity contribution >= 4 is 19.3 Å². The first-order chi connectivity index (χ1) is 14.7. The predicted octanol–water partition coefficient (Wildman–Crippen LogP) is 4.50. The maximum absolute atomic E-state index is 12.3. The average molecular weight is 418 g/mol. The first-order valence-corrected chi connectivity index (χ1v) is 10.2. The molecule has 0 unspecified atom stereocenters. The van der Waals surface area contributed by atoms with Gasteiger partial charge in [0.15, 0.2) is 0 Å². The van der Waals surface area contributed by atoms with Crippen LogP contribution in [0, 0.1) is 11.3 Å². The fraction of sp³-hybridized carbons (Fsp3) is 0.333. The third-order valence-corrected chi connectivity index (χ3v) is 5.57. The number of amides is 1. The Morgan fingerprint density at radius 3 is 2.42 bits per heavy atom. The molecular formula is C24H27BN2O4. The van der Waals surface area contributed by atoms with E-state index in [1.54, 1.807) is 12.1 Å². The fourth-order valence-corrected chi connectivity index (χ4v) is 3.06. The lowest BCUT2D eigenvalue weighted by Crippen LogP contribution is -2.41. The molecule has 0 saturated carbocycles. The Hall–Kier alpha value is -3.08. The van der Waals surface area contributed by atoms with E-state index in [2.05, 4.69) is 11.4 Å². The summed E-state index contributed by atoms with van der Waals surface area (Å²) in [7, 11) is -0.634. The van der Waals surface area contributed by atoms with Crippen molar-refractivity contribution < 1.29 is 18.8 Å². The molecule has 160 valence electrons. The number of nitrogens with one attached hydrogen (secondary N) is 1. The van der Waals surface area contributed by atoms with Gasteiger partial charge in [0.1, 0.15) is 6.61 Å². The molecule has 0 radical (unpaired) electrons. The Labute approximate surface area is 184 Å². The molecule has 3 rings (SSSR count). The van der Waals surface area contributed by atoms with E-state index < -0.39 is 24.4 Å². The van der Waals surface area contributed by atoms with Crippen LogP contribution in [0.1, 0.15) is 44.4 Å². The zero-order valence-electron chi connectivity index (χ0n) is 18.3. The van der Waals surface area contributed by atoms with E-state index in [4.69, 9.17) is 14.0 Å². The molecule has 0 bridgehead atoms. The van der Waals surface area contributed by atoms with Gasteiger partial charge in [-0.3, -0.25) is 0 Å². The minimum absolute atomic E-state index is 0.182. The number of carbonyl (C=O) groups excluding carboxylic acids is 1. The smallest absolute Gasteiger partial charge is 0.445 e. The van der Waals surface area contributed by atoms with Crippen molar-refractivity contribution in [2.24, 2.45) is 0 Å². The highest BCUT2D eigenvalue weighted by molar-refractivity contribution is 6.56. The predicted molar refractivity (Wildman–Crippen MR) is 120 cm³/mol. The van der Waals surface area contributed by atoms with E-state index in [1.165, 1.54) is 0 Å². The standard InChI is InChI=1S/C24H27BN2O4/c1-23(2)24(3,4)31-25(30-23)21(14-19-11-8-12-20(13-19)15-26)16-27-22(28)29-17-18-9-6-5-7-10-18/h5-14H,16-17H2,1-4H3,(H,27,28). The summed E-state index contributed by atoms with van der Waals surface area (Å²) in [5.41, 5.74) is 1.98. The zero-order chi connectivity index (χ0) is 22.5. The molecule has 1 aliphatic rings. The summed E-state index contributed by atoms with van der Waals surface area (Å²) in [6.45, 7) is 8.27. The van der Waals surface area contributed by atoms with Crippen molar-refractivity contribution in [3.05, 3.63) is 76.8 Å². The Bertz CT molecular complexity index is 980. The highest BCUT2D eigenvalue weighted by Crippen LogP contribution is 2.38. The second-order valence-electron chi connectivity index (χ2n) is 8.46. The average Bonchev–Trinajstić information content (AvgIpc) is 2.97. The summed E-state index contributed by atoms with van der Waals surface area (Å²) in [5.74, 6) is 0. The summed E-state index contributed by atoms with van der Waals surface area (Å²) in [6.07, 6.45) is 1.34. The molecule has 1 saturated heterocycles. The van der Waals surface area contributed by atoms with Gasteiger partial charge in [-0.15, -0.1) is 0 Å². The van der Waals surface area contributed by atoms with Crippen LogP contribution in [0.15, 0.2) is 60.1 Å². The Kier molecular flexibility index (Phi) is 6.84. The minimum atomic E-state index is -0.634. The molecule has 2 aromatic carbocycles. The quantitative estimate of drug-likeness (QED) is 0.699. The number of hydrogen-bond acceptors (Lipinski definition) is 5. The lowest BCUT2D eigenvalue weighted by atomic mass is 9.77. The molecule has 1 heterocycles. The number of carbonyl (C=O) groups is 1. The lowest BCUT2D eigenvalue weighted by molar-refractivity contribution is 0.00578. The molecule has 1 amide bonds. The summed E-state index contributed by atoms with van der Waals surface area (Å²) in [6, 6.07) is 18.8. The topological polar surface area (TPSA) is 80.6 Å². The van der Waals surface area contributed by atoms with Crippen molar-refractivity contribution in [3.63, 3.8) is 0 Å². The largest absolute Gasteiger partial charge is 0.492 e. The number of benzene rings is 2. The van der Waals surface area contributed by atoms with Crippen molar-refractivity contribution in [1.82, 2.24) is 5.32 Å². The van der Waals surface area contributed by atoms with E-state index >= 15 is 0 Å². The van der Waals surface area contributed by atoms with Gasteiger partial charge in [-0.05, 0) is 56.4 Å². The van der Waals surface area contributed by atoms with Crippen LogP contribution in [-0.4, -0.2) is 31.0 Å².